The Morgan fingerprint density at radius 3 is 2.79 bits per heavy atom. The predicted molar refractivity (Wildman–Crippen MR) is 120 cm³/mol. The van der Waals surface area contributed by atoms with Crippen molar-refractivity contribution >= 4 is 41.8 Å². The van der Waals surface area contributed by atoms with Crippen molar-refractivity contribution in [1.82, 2.24) is 20.9 Å². The van der Waals surface area contributed by atoms with Crippen LogP contribution in [-0.2, 0) is 22.7 Å². The number of rotatable bonds is 6. The number of hydrogen-bond acceptors (Lipinski definition) is 3. The minimum Gasteiger partial charge on any atom is -0.357 e. The maximum Gasteiger partial charge on any atom is 0.222 e. The number of amides is 2. The van der Waals surface area contributed by atoms with Crippen LogP contribution in [0.1, 0.15) is 43.7 Å². The molecule has 28 heavy (non-hydrogen) atoms. The normalized spacial score (nSPS) is 19.8. The molecule has 2 heterocycles. The minimum absolute atomic E-state index is 0. The summed E-state index contributed by atoms with van der Waals surface area (Å²) >= 11 is 0. The second-order valence-electron chi connectivity index (χ2n) is 7.12. The number of carbonyl (C=O) groups excluding carboxylic acids is 2. The van der Waals surface area contributed by atoms with Gasteiger partial charge in [0.15, 0.2) is 5.96 Å². The van der Waals surface area contributed by atoms with Crippen LogP contribution in [0.2, 0.25) is 0 Å². The lowest BCUT2D eigenvalue weighted by molar-refractivity contribution is -0.128. The van der Waals surface area contributed by atoms with Crippen molar-refractivity contribution in [2.75, 3.05) is 19.6 Å². The third-order valence-corrected chi connectivity index (χ3v) is 4.91. The van der Waals surface area contributed by atoms with Crippen molar-refractivity contribution in [3.8, 4) is 0 Å². The van der Waals surface area contributed by atoms with Crippen molar-refractivity contribution in [1.29, 1.82) is 0 Å². The van der Waals surface area contributed by atoms with Crippen LogP contribution >= 0.6 is 24.0 Å². The van der Waals surface area contributed by atoms with Gasteiger partial charge in [-0.15, -0.1) is 24.0 Å². The van der Waals surface area contributed by atoms with E-state index in [9.17, 15) is 9.59 Å². The summed E-state index contributed by atoms with van der Waals surface area (Å²) in [7, 11) is 0. The third kappa shape index (κ3) is 6.65. The van der Waals surface area contributed by atoms with E-state index in [1.807, 2.05) is 17.9 Å². The lowest BCUT2D eigenvalue weighted by Crippen LogP contribution is -2.51. The number of nitrogens with zero attached hydrogens (tertiary/aromatic N) is 2. The van der Waals surface area contributed by atoms with Crippen LogP contribution in [0.25, 0.3) is 0 Å². The summed E-state index contributed by atoms with van der Waals surface area (Å²) in [6.07, 6.45) is 3.00. The molecular formula is C20H30IN5O2. The van der Waals surface area contributed by atoms with Gasteiger partial charge in [-0.3, -0.25) is 9.59 Å². The molecule has 7 nitrogen and oxygen atoms in total. The highest BCUT2D eigenvalue weighted by molar-refractivity contribution is 14.0. The standard InChI is InChI=1S/C20H29N5O2.HI/c1-2-21-20(24-17-8-9-18(26)22-13-17)23-12-15-5-3-6-16(11-15)14-25-10-4-7-19(25)27;/h3,5-6,11,17H,2,4,7-10,12-14H2,1H3,(H,22,26)(H2,21,23,24);1H. The molecule has 2 saturated heterocycles. The Morgan fingerprint density at radius 2 is 2.11 bits per heavy atom. The van der Waals surface area contributed by atoms with Gasteiger partial charge in [0, 0.05) is 45.1 Å². The van der Waals surface area contributed by atoms with Gasteiger partial charge in [-0.25, -0.2) is 4.99 Å². The molecule has 2 aliphatic rings. The molecule has 1 aromatic carbocycles. The van der Waals surface area contributed by atoms with Crippen LogP contribution in [0.3, 0.4) is 0 Å². The first-order chi connectivity index (χ1) is 13.1. The Labute approximate surface area is 183 Å². The molecular weight excluding hydrogens is 469 g/mol. The molecule has 0 bridgehead atoms. The molecule has 2 aliphatic heterocycles. The molecule has 8 heteroatoms. The summed E-state index contributed by atoms with van der Waals surface area (Å²) in [6, 6.07) is 8.47. The van der Waals surface area contributed by atoms with Gasteiger partial charge in [-0.05, 0) is 30.9 Å². The highest BCUT2D eigenvalue weighted by atomic mass is 127. The van der Waals surface area contributed by atoms with Crippen molar-refractivity contribution in [3.63, 3.8) is 0 Å². The van der Waals surface area contributed by atoms with Crippen LogP contribution in [0, 0.1) is 0 Å². The molecule has 1 unspecified atom stereocenters. The third-order valence-electron chi connectivity index (χ3n) is 4.91. The molecule has 3 rings (SSSR count). The van der Waals surface area contributed by atoms with Crippen molar-refractivity contribution in [3.05, 3.63) is 35.4 Å². The van der Waals surface area contributed by atoms with E-state index >= 15 is 0 Å². The largest absolute Gasteiger partial charge is 0.357 e. The summed E-state index contributed by atoms with van der Waals surface area (Å²) < 4.78 is 0. The van der Waals surface area contributed by atoms with E-state index in [-0.39, 0.29) is 41.8 Å². The molecule has 0 radical (unpaired) electrons. The maximum absolute atomic E-state index is 11.8. The molecule has 0 aromatic heterocycles. The van der Waals surface area contributed by atoms with E-state index in [2.05, 4.69) is 39.1 Å². The van der Waals surface area contributed by atoms with Crippen LogP contribution < -0.4 is 16.0 Å². The lowest BCUT2D eigenvalue weighted by atomic mass is 10.1. The van der Waals surface area contributed by atoms with E-state index in [0.29, 0.717) is 32.5 Å². The van der Waals surface area contributed by atoms with Crippen LogP contribution in [0.4, 0.5) is 0 Å². The van der Waals surface area contributed by atoms with Gasteiger partial charge < -0.3 is 20.9 Å². The highest BCUT2D eigenvalue weighted by Crippen LogP contribution is 2.15. The van der Waals surface area contributed by atoms with Gasteiger partial charge in [-0.2, -0.15) is 0 Å². The molecule has 1 atom stereocenters. The van der Waals surface area contributed by atoms with Crippen molar-refractivity contribution in [2.45, 2.75) is 51.7 Å². The Kier molecular flexibility index (Phi) is 9.01. The fourth-order valence-corrected chi connectivity index (χ4v) is 3.46. The first kappa shape index (κ1) is 22.4. The molecule has 3 N–H and O–H groups in total. The zero-order valence-corrected chi connectivity index (χ0v) is 18.7. The van der Waals surface area contributed by atoms with Gasteiger partial charge in [0.25, 0.3) is 0 Å². The Morgan fingerprint density at radius 1 is 1.29 bits per heavy atom. The van der Waals surface area contributed by atoms with Gasteiger partial charge in [0.2, 0.25) is 11.8 Å². The van der Waals surface area contributed by atoms with E-state index < -0.39 is 0 Å². The van der Waals surface area contributed by atoms with Gasteiger partial charge in [0.05, 0.1) is 6.54 Å². The predicted octanol–water partition coefficient (Wildman–Crippen LogP) is 1.76. The maximum atomic E-state index is 11.8. The van der Waals surface area contributed by atoms with Crippen molar-refractivity contribution < 1.29 is 9.59 Å². The first-order valence-corrected chi connectivity index (χ1v) is 9.81. The van der Waals surface area contributed by atoms with E-state index in [1.54, 1.807) is 0 Å². The van der Waals surface area contributed by atoms with E-state index in [4.69, 9.17) is 0 Å². The van der Waals surface area contributed by atoms with Gasteiger partial charge in [0.1, 0.15) is 0 Å². The molecule has 2 fully saturated rings. The smallest absolute Gasteiger partial charge is 0.222 e. The number of guanidine groups is 1. The number of hydrogen-bond donors (Lipinski definition) is 3. The van der Waals surface area contributed by atoms with Gasteiger partial charge in [-0.1, -0.05) is 24.3 Å². The molecule has 0 aliphatic carbocycles. The summed E-state index contributed by atoms with van der Waals surface area (Å²) in [5.74, 6) is 1.12. The molecule has 154 valence electrons. The Balaban J connectivity index is 0.00000280. The second-order valence-corrected chi connectivity index (χ2v) is 7.12. The van der Waals surface area contributed by atoms with E-state index in [1.165, 1.54) is 0 Å². The van der Waals surface area contributed by atoms with E-state index in [0.717, 1.165) is 43.0 Å². The van der Waals surface area contributed by atoms with Crippen LogP contribution in [-0.4, -0.2) is 48.3 Å². The number of aliphatic imine (C=N–C) groups is 1. The zero-order chi connectivity index (χ0) is 19.1. The average Bonchev–Trinajstić information content (AvgIpc) is 3.07. The van der Waals surface area contributed by atoms with Gasteiger partial charge >= 0.3 is 0 Å². The summed E-state index contributed by atoms with van der Waals surface area (Å²) in [5, 5.41) is 9.54. The number of piperidine rings is 1. The topological polar surface area (TPSA) is 85.8 Å². The summed E-state index contributed by atoms with van der Waals surface area (Å²) in [5.41, 5.74) is 2.26. The Bertz CT molecular complexity index is 700. The zero-order valence-electron chi connectivity index (χ0n) is 16.4. The summed E-state index contributed by atoms with van der Waals surface area (Å²) in [4.78, 5) is 29.7. The SMILES string of the molecule is CCNC(=NCc1cccc(CN2CCCC2=O)c1)NC1CCC(=O)NC1.I. The molecule has 1 aromatic rings. The van der Waals surface area contributed by atoms with Crippen LogP contribution in [0.5, 0.6) is 0 Å². The molecule has 2 amide bonds. The monoisotopic (exact) mass is 499 g/mol. The first-order valence-electron chi connectivity index (χ1n) is 9.81. The minimum atomic E-state index is 0. The number of halogens is 1. The fourth-order valence-electron chi connectivity index (χ4n) is 3.46. The quantitative estimate of drug-likeness (QED) is 0.317. The number of likely N-dealkylation sites (tertiary alicyclic amines) is 1. The Hall–Kier alpha value is -1.84. The average molecular weight is 499 g/mol. The van der Waals surface area contributed by atoms with Crippen LogP contribution in [0.15, 0.2) is 29.3 Å². The summed E-state index contributed by atoms with van der Waals surface area (Å²) in [6.45, 7) is 5.54. The molecule has 0 spiro atoms. The number of benzene rings is 1. The van der Waals surface area contributed by atoms with Crippen molar-refractivity contribution in [2.24, 2.45) is 4.99 Å². The number of nitrogens with one attached hydrogen (secondary N) is 3. The second kappa shape index (κ2) is 11.2. The highest BCUT2D eigenvalue weighted by Gasteiger charge is 2.20. The lowest BCUT2D eigenvalue weighted by Gasteiger charge is -2.25. The fraction of sp³-hybridized carbons (Fsp3) is 0.550. The number of carbonyl (C=O) groups is 2. The molecule has 0 saturated carbocycles.